The van der Waals surface area contributed by atoms with E-state index in [0.29, 0.717) is 0 Å². The van der Waals surface area contributed by atoms with Crippen LogP contribution in [0.4, 0.5) is 5.69 Å². The Bertz CT molecular complexity index is 488. The van der Waals surface area contributed by atoms with Crippen molar-refractivity contribution in [3.8, 4) is 0 Å². The van der Waals surface area contributed by atoms with Crippen LogP contribution in [-0.2, 0) is 6.54 Å². The first-order valence-corrected chi connectivity index (χ1v) is 6.19. The van der Waals surface area contributed by atoms with Crippen molar-refractivity contribution in [1.29, 1.82) is 0 Å². The van der Waals surface area contributed by atoms with Gasteiger partial charge in [0.05, 0.1) is 11.6 Å². The van der Waals surface area contributed by atoms with Crippen molar-refractivity contribution in [2.75, 3.05) is 5.32 Å². The molecular formula is C13H16N2S. The third-order valence-electron chi connectivity index (χ3n) is 2.52. The maximum absolute atomic E-state index is 4.25. The number of benzene rings is 1. The van der Waals surface area contributed by atoms with E-state index in [4.69, 9.17) is 0 Å². The Hall–Kier alpha value is -1.35. The predicted octanol–water partition coefficient (Wildman–Crippen LogP) is 3.68. The summed E-state index contributed by atoms with van der Waals surface area (Å²) in [5, 5.41) is 4.58. The molecule has 0 aliphatic rings. The molecule has 1 heterocycles. The summed E-state index contributed by atoms with van der Waals surface area (Å²) in [7, 11) is 0. The van der Waals surface area contributed by atoms with Gasteiger partial charge in [-0.25, -0.2) is 4.98 Å². The molecule has 3 heteroatoms. The minimum Gasteiger partial charge on any atom is -0.380 e. The van der Waals surface area contributed by atoms with Crippen LogP contribution in [0.5, 0.6) is 0 Å². The van der Waals surface area contributed by atoms with Gasteiger partial charge in [-0.2, -0.15) is 0 Å². The van der Waals surface area contributed by atoms with Gasteiger partial charge in [-0.15, -0.1) is 11.3 Å². The Kier molecular flexibility index (Phi) is 3.25. The molecule has 0 fully saturated rings. The van der Waals surface area contributed by atoms with Gasteiger partial charge in [-0.1, -0.05) is 12.1 Å². The van der Waals surface area contributed by atoms with Crippen LogP contribution in [0.1, 0.15) is 21.0 Å². The molecule has 16 heavy (non-hydrogen) atoms. The SMILES string of the molecule is Cc1ccc(C)c(NCc2cnc(C)s2)c1. The third kappa shape index (κ3) is 2.61. The zero-order valence-corrected chi connectivity index (χ0v) is 10.7. The molecule has 0 amide bonds. The number of anilines is 1. The standard InChI is InChI=1S/C13H16N2S/c1-9-4-5-10(2)13(6-9)15-8-12-7-14-11(3)16-12/h4-7,15H,8H2,1-3H3. The highest BCUT2D eigenvalue weighted by Crippen LogP contribution is 2.19. The molecule has 84 valence electrons. The molecule has 0 radical (unpaired) electrons. The number of aryl methyl sites for hydroxylation is 3. The molecule has 0 spiro atoms. The van der Waals surface area contributed by atoms with E-state index in [0.717, 1.165) is 11.6 Å². The number of hydrogen-bond donors (Lipinski definition) is 1. The fourth-order valence-electron chi connectivity index (χ4n) is 1.60. The van der Waals surface area contributed by atoms with Crippen molar-refractivity contribution < 1.29 is 0 Å². The lowest BCUT2D eigenvalue weighted by molar-refractivity contribution is 1.15. The maximum Gasteiger partial charge on any atom is 0.0897 e. The maximum atomic E-state index is 4.25. The fourth-order valence-corrected chi connectivity index (χ4v) is 2.33. The molecule has 2 aromatic rings. The normalized spacial score (nSPS) is 10.4. The molecule has 0 aliphatic carbocycles. The molecule has 0 saturated heterocycles. The van der Waals surface area contributed by atoms with E-state index in [9.17, 15) is 0 Å². The highest BCUT2D eigenvalue weighted by Gasteiger charge is 2.00. The van der Waals surface area contributed by atoms with E-state index in [1.807, 2.05) is 13.1 Å². The zero-order valence-electron chi connectivity index (χ0n) is 9.87. The molecule has 1 aromatic carbocycles. The van der Waals surface area contributed by atoms with Crippen LogP contribution in [0.25, 0.3) is 0 Å². The van der Waals surface area contributed by atoms with Crippen LogP contribution in [0.3, 0.4) is 0 Å². The largest absolute Gasteiger partial charge is 0.380 e. The predicted molar refractivity (Wildman–Crippen MR) is 70.1 cm³/mol. The second-order valence-electron chi connectivity index (χ2n) is 4.02. The van der Waals surface area contributed by atoms with Gasteiger partial charge < -0.3 is 5.32 Å². The summed E-state index contributed by atoms with van der Waals surface area (Å²) in [6, 6.07) is 6.47. The summed E-state index contributed by atoms with van der Waals surface area (Å²) in [5.74, 6) is 0. The van der Waals surface area contributed by atoms with E-state index in [1.165, 1.54) is 21.7 Å². The monoisotopic (exact) mass is 232 g/mol. The average molecular weight is 232 g/mol. The topological polar surface area (TPSA) is 24.9 Å². The van der Waals surface area contributed by atoms with Gasteiger partial charge in [0.1, 0.15) is 0 Å². The molecular weight excluding hydrogens is 216 g/mol. The number of rotatable bonds is 3. The first-order valence-electron chi connectivity index (χ1n) is 5.37. The molecule has 0 atom stereocenters. The number of aromatic nitrogens is 1. The van der Waals surface area contributed by atoms with Crippen molar-refractivity contribution in [2.45, 2.75) is 27.3 Å². The fraction of sp³-hybridized carbons (Fsp3) is 0.308. The number of thiazole rings is 1. The second kappa shape index (κ2) is 4.66. The molecule has 0 bridgehead atoms. The van der Waals surface area contributed by atoms with Crippen LogP contribution in [0.15, 0.2) is 24.4 Å². The van der Waals surface area contributed by atoms with Crippen LogP contribution in [0.2, 0.25) is 0 Å². The van der Waals surface area contributed by atoms with E-state index in [1.54, 1.807) is 11.3 Å². The van der Waals surface area contributed by atoms with Crippen LogP contribution in [0, 0.1) is 20.8 Å². The van der Waals surface area contributed by atoms with Gasteiger partial charge in [0.2, 0.25) is 0 Å². The Morgan fingerprint density at radius 3 is 2.75 bits per heavy atom. The minimum atomic E-state index is 0.857. The van der Waals surface area contributed by atoms with Crippen molar-refractivity contribution >= 4 is 17.0 Å². The number of nitrogens with one attached hydrogen (secondary N) is 1. The average Bonchev–Trinajstić information content (AvgIpc) is 2.66. The third-order valence-corrected chi connectivity index (χ3v) is 3.43. The summed E-state index contributed by atoms with van der Waals surface area (Å²) < 4.78 is 0. The molecule has 2 rings (SSSR count). The summed E-state index contributed by atoms with van der Waals surface area (Å²) in [6.07, 6.45) is 1.94. The van der Waals surface area contributed by atoms with Crippen molar-refractivity contribution in [3.05, 3.63) is 45.4 Å². The molecule has 1 aromatic heterocycles. The van der Waals surface area contributed by atoms with E-state index < -0.39 is 0 Å². The summed E-state index contributed by atoms with van der Waals surface area (Å²) in [6.45, 7) is 7.13. The van der Waals surface area contributed by atoms with Gasteiger partial charge in [0.15, 0.2) is 0 Å². The van der Waals surface area contributed by atoms with Gasteiger partial charge in [-0.05, 0) is 38.0 Å². The smallest absolute Gasteiger partial charge is 0.0897 e. The number of nitrogens with zero attached hydrogens (tertiary/aromatic N) is 1. The Balaban J connectivity index is 2.07. The van der Waals surface area contributed by atoms with E-state index in [-0.39, 0.29) is 0 Å². The second-order valence-corrected chi connectivity index (χ2v) is 5.34. The van der Waals surface area contributed by atoms with E-state index >= 15 is 0 Å². The highest BCUT2D eigenvalue weighted by atomic mass is 32.1. The number of hydrogen-bond acceptors (Lipinski definition) is 3. The Morgan fingerprint density at radius 2 is 2.06 bits per heavy atom. The van der Waals surface area contributed by atoms with Crippen LogP contribution in [-0.4, -0.2) is 4.98 Å². The highest BCUT2D eigenvalue weighted by molar-refractivity contribution is 7.11. The van der Waals surface area contributed by atoms with Gasteiger partial charge >= 0.3 is 0 Å². The first-order chi connectivity index (χ1) is 7.65. The first kappa shape index (κ1) is 11.1. The molecule has 2 nitrogen and oxygen atoms in total. The molecule has 0 saturated carbocycles. The van der Waals surface area contributed by atoms with Crippen molar-refractivity contribution in [1.82, 2.24) is 4.98 Å². The van der Waals surface area contributed by atoms with Crippen molar-refractivity contribution in [3.63, 3.8) is 0 Å². The van der Waals surface area contributed by atoms with Gasteiger partial charge in [0, 0.05) is 16.8 Å². The summed E-state index contributed by atoms with van der Waals surface area (Å²) >= 11 is 1.74. The van der Waals surface area contributed by atoms with Crippen LogP contribution < -0.4 is 5.32 Å². The molecule has 1 N–H and O–H groups in total. The molecule has 0 aliphatic heterocycles. The van der Waals surface area contributed by atoms with Gasteiger partial charge in [-0.3, -0.25) is 0 Å². The molecule has 0 unspecified atom stereocenters. The quantitative estimate of drug-likeness (QED) is 0.873. The lowest BCUT2D eigenvalue weighted by Gasteiger charge is -2.09. The lowest BCUT2D eigenvalue weighted by Crippen LogP contribution is -1.99. The van der Waals surface area contributed by atoms with Crippen molar-refractivity contribution in [2.24, 2.45) is 0 Å². The summed E-state index contributed by atoms with van der Waals surface area (Å²) in [5.41, 5.74) is 3.78. The minimum absolute atomic E-state index is 0.857. The van der Waals surface area contributed by atoms with Crippen LogP contribution >= 0.6 is 11.3 Å². The van der Waals surface area contributed by atoms with Gasteiger partial charge in [0.25, 0.3) is 0 Å². The Morgan fingerprint density at radius 1 is 1.25 bits per heavy atom. The zero-order chi connectivity index (χ0) is 11.5. The summed E-state index contributed by atoms with van der Waals surface area (Å²) in [4.78, 5) is 5.52. The Labute approximate surface area is 100 Å². The lowest BCUT2D eigenvalue weighted by atomic mass is 10.1. The van der Waals surface area contributed by atoms with E-state index in [2.05, 4.69) is 42.3 Å².